The average Bonchev–Trinajstić information content (AvgIpc) is 2.58. The van der Waals surface area contributed by atoms with E-state index in [9.17, 15) is 14.4 Å². The summed E-state index contributed by atoms with van der Waals surface area (Å²) in [5.41, 5.74) is 9.29. The van der Waals surface area contributed by atoms with Gasteiger partial charge in [0.2, 0.25) is 5.91 Å². The fourth-order valence-electron chi connectivity index (χ4n) is 2.47. The van der Waals surface area contributed by atoms with Crippen LogP contribution < -0.4 is 0 Å². The Bertz CT molecular complexity index is 672. The molecule has 0 radical (unpaired) electrons. The van der Waals surface area contributed by atoms with E-state index in [0.717, 1.165) is 5.56 Å². The van der Waals surface area contributed by atoms with Crippen LogP contribution in [0.15, 0.2) is 35.4 Å². The Morgan fingerprint density at radius 1 is 1.33 bits per heavy atom. The van der Waals surface area contributed by atoms with E-state index in [0.29, 0.717) is 0 Å². The highest BCUT2D eigenvalue weighted by molar-refractivity contribution is 5.92. The Balaban J connectivity index is 1.90. The highest BCUT2D eigenvalue weighted by Gasteiger charge is 2.47. The standard InChI is InChI=1S/C15H16N4O5/c16-18-17-14-11(6-7-12(20)21)19(15(14)23)8-13(22)24-9-10-4-2-1-3-5-10/h1-5,11,14H,6-9H2,(H,20,21)/t11-,14-/m1/s1. The summed E-state index contributed by atoms with van der Waals surface area (Å²) in [6, 6.07) is 7.51. The second kappa shape index (κ2) is 7.98. The van der Waals surface area contributed by atoms with E-state index >= 15 is 0 Å². The Morgan fingerprint density at radius 3 is 2.67 bits per heavy atom. The van der Waals surface area contributed by atoms with Crippen molar-refractivity contribution in [3.63, 3.8) is 0 Å². The highest BCUT2D eigenvalue weighted by atomic mass is 16.5. The maximum Gasteiger partial charge on any atom is 0.325 e. The van der Waals surface area contributed by atoms with Crippen LogP contribution in [0.5, 0.6) is 0 Å². The van der Waals surface area contributed by atoms with Crippen molar-refractivity contribution in [2.45, 2.75) is 31.5 Å². The minimum absolute atomic E-state index is 0.0846. The zero-order chi connectivity index (χ0) is 17.5. The highest BCUT2D eigenvalue weighted by Crippen LogP contribution is 2.27. The third kappa shape index (κ3) is 4.23. The lowest BCUT2D eigenvalue weighted by molar-refractivity contribution is -0.161. The molecule has 9 heteroatoms. The molecular weight excluding hydrogens is 316 g/mol. The zero-order valence-electron chi connectivity index (χ0n) is 12.7. The second-order valence-electron chi connectivity index (χ2n) is 5.26. The molecule has 1 amide bonds. The molecule has 1 aromatic rings. The topological polar surface area (TPSA) is 133 Å². The number of aliphatic carboxylic acids is 1. The molecule has 0 spiro atoms. The quantitative estimate of drug-likeness (QED) is 0.253. The lowest BCUT2D eigenvalue weighted by atomic mass is 9.91. The molecule has 0 saturated carbocycles. The van der Waals surface area contributed by atoms with Crippen molar-refractivity contribution in [2.24, 2.45) is 5.11 Å². The van der Waals surface area contributed by atoms with E-state index < -0.39 is 29.9 Å². The number of hydrogen-bond donors (Lipinski definition) is 1. The molecule has 0 aliphatic carbocycles. The number of hydrogen-bond acceptors (Lipinski definition) is 5. The largest absolute Gasteiger partial charge is 0.481 e. The number of rotatable bonds is 8. The van der Waals surface area contributed by atoms with Gasteiger partial charge >= 0.3 is 11.9 Å². The summed E-state index contributed by atoms with van der Waals surface area (Å²) in [5, 5.41) is 12.1. The fraction of sp³-hybridized carbons (Fsp3) is 0.400. The normalized spacial score (nSPS) is 19.2. The van der Waals surface area contributed by atoms with Crippen LogP contribution in [0.2, 0.25) is 0 Å². The maximum atomic E-state index is 11.9. The van der Waals surface area contributed by atoms with Crippen LogP contribution in [0.3, 0.4) is 0 Å². The molecule has 1 aliphatic rings. The molecule has 9 nitrogen and oxygen atoms in total. The van der Waals surface area contributed by atoms with Gasteiger partial charge < -0.3 is 14.7 Å². The average molecular weight is 332 g/mol. The molecule has 1 aromatic carbocycles. The van der Waals surface area contributed by atoms with Crippen molar-refractivity contribution in [2.75, 3.05) is 6.54 Å². The molecule has 126 valence electrons. The van der Waals surface area contributed by atoms with Crippen LogP contribution in [0.1, 0.15) is 18.4 Å². The third-order valence-electron chi connectivity index (χ3n) is 3.67. The smallest absolute Gasteiger partial charge is 0.325 e. The molecule has 2 rings (SSSR count). The van der Waals surface area contributed by atoms with E-state index in [4.69, 9.17) is 15.4 Å². The van der Waals surface area contributed by atoms with Gasteiger partial charge in [0, 0.05) is 11.3 Å². The molecule has 1 fully saturated rings. The van der Waals surface area contributed by atoms with Crippen molar-refractivity contribution in [1.29, 1.82) is 0 Å². The first-order valence-corrected chi connectivity index (χ1v) is 7.29. The van der Waals surface area contributed by atoms with Crippen molar-refractivity contribution < 1.29 is 24.2 Å². The number of amides is 1. The maximum absolute atomic E-state index is 11.9. The summed E-state index contributed by atoms with van der Waals surface area (Å²) in [5.74, 6) is -2.13. The Labute approximate surface area is 137 Å². The minimum atomic E-state index is -1.03. The van der Waals surface area contributed by atoms with Gasteiger partial charge in [-0.2, -0.15) is 0 Å². The summed E-state index contributed by atoms with van der Waals surface area (Å²) in [4.78, 5) is 38.3. The molecule has 0 unspecified atom stereocenters. The Kier molecular flexibility index (Phi) is 5.75. The number of likely N-dealkylation sites (tertiary alicyclic amines) is 1. The number of carboxylic acids is 1. The number of esters is 1. The monoisotopic (exact) mass is 332 g/mol. The van der Waals surface area contributed by atoms with Crippen LogP contribution in [-0.2, 0) is 25.7 Å². The number of benzene rings is 1. The van der Waals surface area contributed by atoms with Crippen molar-refractivity contribution >= 4 is 17.8 Å². The third-order valence-corrected chi connectivity index (χ3v) is 3.67. The SMILES string of the molecule is [N-]=[N+]=N[C@H]1C(=O)N(CC(=O)OCc2ccccc2)[C@@H]1CCC(=O)O. The van der Waals surface area contributed by atoms with E-state index in [1.165, 1.54) is 4.90 Å². The summed E-state index contributed by atoms with van der Waals surface area (Å²) in [6.07, 6.45) is -0.0817. The summed E-state index contributed by atoms with van der Waals surface area (Å²) in [6.45, 7) is -0.214. The molecule has 2 atom stereocenters. The van der Waals surface area contributed by atoms with Gasteiger partial charge in [-0.1, -0.05) is 35.4 Å². The van der Waals surface area contributed by atoms with E-state index in [1.807, 2.05) is 18.2 Å². The first-order valence-electron chi connectivity index (χ1n) is 7.29. The molecule has 0 aromatic heterocycles. The molecule has 1 heterocycles. The van der Waals surface area contributed by atoms with Gasteiger partial charge in [-0.15, -0.1) is 0 Å². The van der Waals surface area contributed by atoms with Crippen LogP contribution in [0.4, 0.5) is 0 Å². The Hall–Kier alpha value is -3.06. The molecule has 1 saturated heterocycles. The molecule has 1 N–H and O–H groups in total. The first-order chi connectivity index (χ1) is 11.5. The molecular formula is C15H16N4O5. The van der Waals surface area contributed by atoms with Crippen molar-refractivity contribution in [3.05, 3.63) is 46.3 Å². The van der Waals surface area contributed by atoms with Gasteiger partial charge in [0.05, 0.1) is 6.04 Å². The van der Waals surface area contributed by atoms with Crippen molar-refractivity contribution in [1.82, 2.24) is 4.90 Å². The molecule has 1 aliphatic heterocycles. The van der Waals surface area contributed by atoms with Crippen LogP contribution in [-0.4, -0.2) is 46.5 Å². The number of carbonyl (C=O) groups excluding carboxylic acids is 2. The minimum Gasteiger partial charge on any atom is -0.481 e. The second-order valence-corrected chi connectivity index (χ2v) is 5.26. The zero-order valence-corrected chi connectivity index (χ0v) is 12.7. The summed E-state index contributed by atoms with van der Waals surface area (Å²) in [7, 11) is 0. The first kappa shape index (κ1) is 17.3. The van der Waals surface area contributed by atoms with E-state index in [2.05, 4.69) is 10.0 Å². The van der Waals surface area contributed by atoms with E-state index in [-0.39, 0.29) is 26.0 Å². The predicted molar refractivity (Wildman–Crippen MR) is 81.5 cm³/mol. The lowest BCUT2D eigenvalue weighted by Gasteiger charge is -2.44. The number of azide groups is 1. The fourth-order valence-corrected chi connectivity index (χ4v) is 2.47. The van der Waals surface area contributed by atoms with Gasteiger partial charge in [-0.3, -0.25) is 14.4 Å². The molecule has 0 bridgehead atoms. The van der Waals surface area contributed by atoms with Gasteiger partial charge in [0.15, 0.2) is 0 Å². The van der Waals surface area contributed by atoms with Crippen LogP contribution >= 0.6 is 0 Å². The lowest BCUT2D eigenvalue weighted by Crippen LogP contribution is -2.64. The van der Waals surface area contributed by atoms with E-state index in [1.54, 1.807) is 12.1 Å². The van der Waals surface area contributed by atoms with Crippen molar-refractivity contribution in [3.8, 4) is 0 Å². The van der Waals surface area contributed by atoms with Gasteiger partial charge in [0.1, 0.15) is 19.2 Å². The van der Waals surface area contributed by atoms with Gasteiger partial charge in [0.25, 0.3) is 0 Å². The van der Waals surface area contributed by atoms with Gasteiger partial charge in [-0.05, 0) is 17.5 Å². The van der Waals surface area contributed by atoms with Crippen LogP contribution in [0.25, 0.3) is 10.4 Å². The van der Waals surface area contributed by atoms with Gasteiger partial charge in [-0.25, -0.2) is 0 Å². The number of ether oxygens (including phenoxy) is 1. The molecule has 24 heavy (non-hydrogen) atoms. The number of nitrogens with zero attached hydrogens (tertiary/aromatic N) is 4. The number of β-lactam (4-membered cyclic amide) rings is 1. The predicted octanol–water partition coefficient (Wildman–Crippen LogP) is 1.48. The summed E-state index contributed by atoms with van der Waals surface area (Å²) < 4.78 is 5.10. The summed E-state index contributed by atoms with van der Waals surface area (Å²) >= 11 is 0. The Morgan fingerprint density at radius 2 is 2.04 bits per heavy atom. The number of carboxylic acid groups (broad SMARTS) is 1. The number of carbonyl (C=O) groups is 3. The van der Waals surface area contributed by atoms with Crippen LogP contribution in [0, 0.1) is 0 Å².